The zero-order valence-electron chi connectivity index (χ0n) is 18.5. The quantitative estimate of drug-likeness (QED) is 0.615. The van der Waals surface area contributed by atoms with Gasteiger partial charge in [0.1, 0.15) is 0 Å². The molecule has 168 valence electrons. The van der Waals surface area contributed by atoms with Gasteiger partial charge in [-0.15, -0.1) is 0 Å². The number of amides is 2. The van der Waals surface area contributed by atoms with Crippen LogP contribution in [0.5, 0.6) is 0 Å². The minimum Gasteiger partial charge on any atom is -0.462 e. The second kappa shape index (κ2) is 8.70. The van der Waals surface area contributed by atoms with Crippen LogP contribution < -0.4 is 5.32 Å². The van der Waals surface area contributed by atoms with E-state index in [0.29, 0.717) is 30.7 Å². The fourth-order valence-corrected chi connectivity index (χ4v) is 5.10. The lowest BCUT2D eigenvalue weighted by atomic mass is 9.94. The van der Waals surface area contributed by atoms with E-state index in [1.807, 2.05) is 53.4 Å². The average Bonchev–Trinajstić information content (AvgIpc) is 3.15. The molecule has 6 heteroatoms. The number of ether oxygens (including phenoxy) is 1. The van der Waals surface area contributed by atoms with Crippen LogP contribution >= 0.6 is 0 Å². The van der Waals surface area contributed by atoms with Gasteiger partial charge in [-0.05, 0) is 59.9 Å². The number of nitrogens with zero attached hydrogens (tertiary/aromatic N) is 1. The predicted octanol–water partition coefficient (Wildman–Crippen LogP) is 4.18. The van der Waals surface area contributed by atoms with E-state index in [0.717, 1.165) is 34.7 Å². The molecule has 6 nitrogen and oxygen atoms in total. The smallest absolute Gasteiger partial charge is 0.338 e. The van der Waals surface area contributed by atoms with Crippen molar-refractivity contribution in [3.05, 3.63) is 71.8 Å². The van der Waals surface area contributed by atoms with Crippen molar-refractivity contribution in [2.24, 2.45) is 0 Å². The summed E-state index contributed by atoms with van der Waals surface area (Å²) in [6, 6.07) is 19.1. The minimum atomic E-state index is -0.338. The van der Waals surface area contributed by atoms with Gasteiger partial charge in [0.15, 0.2) is 0 Å². The fraction of sp³-hybridized carbons (Fsp3) is 0.296. The molecule has 3 aromatic carbocycles. The van der Waals surface area contributed by atoms with Crippen molar-refractivity contribution in [1.29, 1.82) is 0 Å². The first-order valence-electron chi connectivity index (χ1n) is 11.5. The van der Waals surface area contributed by atoms with Crippen LogP contribution in [0.1, 0.15) is 46.9 Å². The van der Waals surface area contributed by atoms with Gasteiger partial charge < -0.3 is 15.0 Å². The Balaban J connectivity index is 1.52. The first-order chi connectivity index (χ1) is 16.1. The maximum atomic E-state index is 13.7. The van der Waals surface area contributed by atoms with Crippen molar-refractivity contribution >= 4 is 28.6 Å². The number of hydrogen-bond donors (Lipinski definition) is 1. The van der Waals surface area contributed by atoms with Crippen molar-refractivity contribution in [3.63, 3.8) is 0 Å². The molecule has 0 radical (unpaired) electrons. The maximum absolute atomic E-state index is 13.7. The molecular weight excluding hydrogens is 416 g/mol. The van der Waals surface area contributed by atoms with Crippen LogP contribution in [-0.2, 0) is 9.53 Å². The van der Waals surface area contributed by atoms with E-state index in [1.54, 1.807) is 19.1 Å². The van der Waals surface area contributed by atoms with Crippen molar-refractivity contribution in [3.8, 4) is 11.1 Å². The second-order valence-electron chi connectivity index (χ2n) is 8.61. The summed E-state index contributed by atoms with van der Waals surface area (Å²) in [6.07, 6.45) is 2.15. The van der Waals surface area contributed by atoms with E-state index in [1.165, 1.54) is 0 Å². The van der Waals surface area contributed by atoms with Gasteiger partial charge in [-0.2, -0.15) is 0 Å². The fourth-order valence-electron chi connectivity index (χ4n) is 5.10. The molecule has 3 aromatic rings. The van der Waals surface area contributed by atoms with Crippen LogP contribution in [0.15, 0.2) is 60.7 Å². The van der Waals surface area contributed by atoms with Gasteiger partial charge in [0.25, 0.3) is 5.91 Å². The lowest BCUT2D eigenvalue weighted by Crippen LogP contribution is -2.42. The Morgan fingerprint density at radius 2 is 1.70 bits per heavy atom. The van der Waals surface area contributed by atoms with E-state index in [9.17, 15) is 14.4 Å². The maximum Gasteiger partial charge on any atom is 0.338 e. The third-order valence-corrected chi connectivity index (χ3v) is 6.67. The summed E-state index contributed by atoms with van der Waals surface area (Å²) in [5.41, 5.74) is 3.12. The van der Waals surface area contributed by atoms with Crippen LogP contribution in [0.2, 0.25) is 0 Å². The Morgan fingerprint density at radius 1 is 0.970 bits per heavy atom. The number of esters is 1. The Kier molecular flexibility index (Phi) is 5.58. The van der Waals surface area contributed by atoms with Crippen molar-refractivity contribution in [2.45, 2.75) is 38.3 Å². The average molecular weight is 443 g/mol. The summed E-state index contributed by atoms with van der Waals surface area (Å²) in [4.78, 5) is 39.6. The molecular formula is C27H26N2O4. The molecule has 0 spiro atoms. The first-order valence-corrected chi connectivity index (χ1v) is 11.5. The van der Waals surface area contributed by atoms with Crippen LogP contribution in [0.4, 0.5) is 0 Å². The van der Waals surface area contributed by atoms with Crippen molar-refractivity contribution in [2.75, 3.05) is 13.2 Å². The van der Waals surface area contributed by atoms with Gasteiger partial charge in [0, 0.05) is 30.6 Å². The third kappa shape index (κ3) is 3.86. The standard InChI is InChI=1S/C27H26N2O4/c1-2-33-27(32)18-11-9-17(10-12-18)21-5-3-7-23-22(21)6-4-8-24(23)26(31)29-19-13-14-20(29)16-28-25(30)15-19/h3-12,19-20H,2,13-16H2,1H3,(H,28,30)/t19-,20+/m1/s1. The van der Waals surface area contributed by atoms with Gasteiger partial charge in [-0.3, -0.25) is 9.59 Å². The van der Waals surface area contributed by atoms with Gasteiger partial charge in [-0.1, -0.05) is 42.5 Å². The molecule has 2 atom stereocenters. The Morgan fingerprint density at radius 3 is 2.48 bits per heavy atom. The van der Waals surface area contributed by atoms with Gasteiger partial charge >= 0.3 is 5.97 Å². The summed E-state index contributed by atoms with van der Waals surface area (Å²) in [5.74, 6) is -0.333. The van der Waals surface area contributed by atoms with Crippen LogP contribution in [0.3, 0.4) is 0 Å². The summed E-state index contributed by atoms with van der Waals surface area (Å²) in [5, 5.41) is 4.80. The minimum absolute atomic E-state index is 0.0144. The highest BCUT2D eigenvalue weighted by Gasteiger charge is 2.40. The lowest BCUT2D eigenvalue weighted by Gasteiger charge is -2.28. The second-order valence-corrected chi connectivity index (χ2v) is 8.61. The van der Waals surface area contributed by atoms with E-state index in [2.05, 4.69) is 5.32 Å². The van der Waals surface area contributed by atoms with E-state index >= 15 is 0 Å². The molecule has 2 fully saturated rings. The lowest BCUT2D eigenvalue weighted by molar-refractivity contribution is -0.121. The molecule has 0 unspecified atom stereocenters. The summed E-state index contributed by atoms with van der Waals surface area (Å²) >= 11 is 0. The van der Waals surface area contributed by atoms with Crippen LogP contribution in [0.25, 0.3) is 21.9 Å². The van der Waals surface area contributed by atoms with Crippen LogP contribution in [-0.4, -0.2) is 47.9 Å². The molecule has 2 saturated heterocycles. The molecule has 0 aromatic heterocycles. The SMILES string of the molecule is CCOC(=O)c1ccc(-c2cccc3c(C(=O)N4[C@@H]5CC[C@H]4CNC(=O)C5)cccc23)cc1. The zero-order chi connectivity index (χ0) is 22.9. The first kappa shape index (κ1) is 21.2. The molecule has 2 amide bonds. The monoisotopic (exact) mass is 442 g/mol. The number of carbonyl (C=O) groups is 3. The highest BCUT2D eigenvalue weighted by molar-refractivity contribution is 6.11. The highest BCUT2D eigenvalue weighted by atomic mass is 16.5. The van der Waals surface area contributed by atoms with Crippen molar-refractivity contribution < 1.29 is 19.1 Å². The van der Waals surface area contributed by atoms with Gasteiger partial charge in [0.05, 0.1) is 12.2 Å². The third-order valence-electron chi connectivity index (χ3n) is 6.67. The molecule has 33 heavy (non-hydrogen) atoms. The van der Waals surface area contributed by atoms with Crippen molar-refractivity contribution in [1.82, 2.24) is 10.2 Å². The molecule has 0 saturated carbocycles. The van der Waals surface area contributed by atoms with E-state index in [4.69, 9.17) is 4.74 Å². The van der Waals surface area contributed by atoms with Gasteiger partial charge in [0.2, 0.25) is 5.91 Å². The zero-order valence-corrected chi connectivity index (χ0v) is 18.5. The molecule has 0 aliphatic carbocycles. The normalized spacial score (nSPS) is 19.8. The van der Waals surface area contributed by atoms with Crippen LogP contribution in [0, 0.1) is 0 Å². The number of hydrogen-bond acceptors (Lipinski definition) is 4. The van der Waals surface area contributed by atoms with E-state index < -0.39 is 0 Å². The summed E-state index contributed by atoms with van der Waals surface area (Å²) in [6.45, 7) is 2.64. The molecule has 2 aliphatic rings. The largest absolute Gasteiger partial charge is 0.462 e. The number of fused-ring (bicyclic) bond motifs is 3. The number of carbonyl (C=O) groups excluding carboxylic acids is 3. The molecule has 2 bridgehead atoms. The molecule has 5 rings (SSSR count). The summed E-state index contributed by atoms with van der Waals surface area (Å²) < 4.78 is 5.07. The number of nitrogens with one attached hydrogen (secondary N) is 1. The summed E-state index contributed by atoms with van der Waals surface area (Å²) in [7, 11) is 0. The predicted molar refractivity (Wildman–Crippen MR) is 126 cm³/mol. The Labute approximate surface area is 192 Å². The number of benzene rings is 3. The molecule has 2 heterocycles. The number of rotatable bonds is 4. The highest BCUT2D eigenvalue weighted by Crippen LogP contribution is 2.34. The van der Waals surface area contributed by atoms with Gasteiger partial charge in [-0.25, -0.2) is 4.79 Å². The molecule has 1 N–H and O–H groups in total. The Bertz CT molecular complexity index is 1230. The topological polar surface area (TPSA) is 75.7 Å². The Hall–Kier alpha value is -3.67. The van der Waals surface area contributed by atoms with E-state index in [-0.39, 0.29) is 29.9 Å². The molecule has 2 aliphatic heterocycles.